The van der Waals surface area contributed by atoms with Crippen molar-refractivity contribution in [2.75, 3.05) is 28.7 Å². The number of rotatable bonds is 5. The van der Waals surface area contributed by atoms with Gasteiger partial charge in [0, 0.05) is 23.1 Å². The van der Waals surface area contributed by atoms with Gasteiger partial charge < -0.3 is 9.32 Å². The molecule has 1 aromatic heterocycles. The van der Waals surface area contributed by atoms with Crippen LogP contribution in [0.1, 0.15) is 25.7 Å². The highest BCUT2D eigenvalue weighted by molar-refractivity contribution is 8.00. The van der Waals surface area contributed by atoms with Crippen LogP contribution in [0.5, 0.6) is 0 Å². The van der Waals surface area contributed by atoms with Gasteiger partial charge in [0.25, 0.3) is 5.22 Å². The number of thioether (sulfide) groups is 2. The third kappa shape index (κ3) is 5.16. The van der Waals surface area contributed by atoms with Crippen molar-refractivity contribution in [3.8, 4) is 0 Å². The zero-order valence-corrected chi connectivity index (χ0v) is 18.6. The number of nitrogens with zero attached hydrogens (tertiary/aromatic N) is 3. The standard InChI is InChI=1S/C19H23N3O4S3/c1-13-6-8-22(15-4-2-3-5-16(15)28-13)18(23)11-27-19-21-20-17(26-19)10-14-7-9-29(24,25)12-14/h2-5,13-14H,6-12H2,1H3. The van der Waals surface area contributed by atoms with Gasteiger partial charge in [0.15, 0.2) is 9.84 Å². The van der Waals surface area contributed by atoms with Crippen LogP contribution in [0.25, 0.3) is 0 Å². The summed E-state index contributed by atoms with van der Waals surface area (Å²) in [6.45, 7) is 2.87. The minimum Gasteiger partial charge on any atom is -0.416 e. The maximum absolute atomic E-state index is 12.9. The molecule has 0 bridgehead atoms. The van der Waals surface area contributed by atoms with Crippen LogP contribution in [0, 0.1) is 5.92 Å². The molecule has 0 saturated carbocycles. The number of sulfone groups is 1. The van der Waals surface area contributed by atoms with Gasteiger partial charge in [-0.2, -0.15) is 0 Å². The first-order valence-corrected chi connectivity index (χ1v) is 13.3. The number of anilines is 1. The van der Waals surface area contributed by atoms with Gasteiger partial charge in [-0.05, 0) is 30.9 Å². The number of fused-ring (bicyclic) bond motifs is 1. The Morgan fingerprint density at radius 3 is 2.93 bits per heavy atom. The van der Waals surface area contributed by atoms with Crippen molar-refractivity contribution in [3.63, 3.8) is 0 Å². The molecular weight excluding hydrogens is 430 g/mol. The van der Waals surface area contributed by atoms with Crippen LogP contribution in [0.2, 0.25) is 0 Å². The van der Waals surface area contributed by atoms with Crippen molar-refractivity contribution in [2.45, 2.75) is 41.6 Å². The van der Waals surface area contributed by atoms with E-state index < -0.39 is 9.84 Å². The van der Waals surface area contributed by atoms with Crippen molar-refractivity contribution in [1.29, 1.82) is 0 Å². The van der Waals surface area contributed by atoms with Crippen LogP contribution in [-0.2, 0) is 21.1 Å². The van der Waals surface area contributed by atoms with Crippen molar-refractivity contribution < 1.29 is 17.6 Å². The zero-order chi connectivity index (χ0) is 20.4. The summed E-state index contributed by atoms with van der Waals surface area (Å²) in [6, 6.07) is 8.00. The smallest absolute Gasteiger partial charge is 0.277 e. The van der Waals surface area contributed by atoms with E-state index in [1.807, 2.05) is 23.1 Å². The van der Waals surface area contributed by atoms with E-state index in [-0.39, 0.29) is 29.1 Å². The Bertz CT molecular complexity index is 992. The van der Waals surface area contributed by atoms with Gasteiger partial charge in [0.2, 0.25) is 11.8 Å². The van der Waals surface area contributed by atoms with Crippen LogP contribution in [0.15, 0.2) is 38.8 Å². The molecule has 10 heteroatoms. The van der Waals surface area contributed by atoms with E-state index >= 15 is 0 Å². The summed E-state index contributed by atoms with van der Waals surface area (Å²) >= 11 is 3.03. The molecule has 1 fully saturated rings. The molecule has 2 unspecified atom stereocenters. The molecule has 1 aromatic carbocycles. The Morgan fingerprint density at radius 1 is 1.31 bits per heavy atom. The van der Waals surface area contributed by atoms with Gasteiger partial charge in [0.05, 0.1) is 22.9 Å². The molecule has 2 atom stereocenters. The molecule has 3 heterocycles. The first-order chi connectivity index (χ1) is 13.9. The highest BCUT2D eigenvalue weighted by Crippen LogP contribution is 2.37. The minimum atomic E-state index is -2.92. The van der Waals surface area contributed by atoms with Gasteiger partial charge in [-0.15, -0.1) is 22.0 Å². The van der Waals surface area contributed by atoms with E-state index in [2.05, 4.69) is 23.2 Å². The average Bonchev–Trinajstić information content (AvgIpc) is 3.22. The first kappa shape index (κ1) is 20.7. The number of para-hydroxylation sites is 1. The second-order valence-corrected chi connectivity index (χ2v) is 12.1. The normalized spacial score (nSPS) is 23.6. The number of aromatic nitrogens is 2. The summed E-state index contributed by atoms with van der Waals surface area (Å²) < 4.78 is 28.8. The van der Waals surface area contributed by atoms with Crippen molar-refractivity contribution in [3.05, 3.63) is 30.2 Å². The number of carbonyl (C=O) groups excluding carboxylic acids is 1. The molecule has 1 saturated heterocycles. The Kier molecular flexibility index (Phi) is 6.21. The first-order valence-electron chi connectivity index (χ1n) is 9.61. The van der Waals surface area contributed by atoms with Gasteiger partial charge >= 0.3 is 0 Å². The second kappa shape index (κ2) is 8.69. The Morgan fingerprint density at radius 2 is 2.14 bits per heavy atom. The lowest BCUT2D eigenvalue weighted by molar-refractivity contribution is -0.116. The third-order valence-corrected chi connectivity index (χ3v) is 8.98. The Balaban J connectivity index is 1.36. The molecule has 4 rings (SSSR count). The molecule has 29 heavy (non-hydrogen) atoms. The van der Waals surface area contributed by atoms with Gasteiger partial charge in [-0.1, -0.05) is 30.8 Å². The van der Waals surface area contributed by atoms with Crippen LogP contribution < -0.4 is 4.90 Å². The van der Waals surface area contributed by atoms with Crippen LogP contribution in [0.4, 0.5) is 5.69 Å². The molecule has 2 aromatic rings. The monoisotopic (exact) mass is 453 g/mol. The number of hydrogen-bond donors (Lipinski definition) is 0. The number of hydrogen-bond acceptors (Lipinski definition) is 8. The highest BCUT2D eigenvalue weighted by Gasteiger charge is 2.29. The lowest BCUT2D eigenvalue weighted by Crippen LogP contribution is -2.33. The lowest BCUT2D eigenvalue weighted by Gasteiger charge is -2.22. The molecule has 7 nitrogen and oxygen atoms in total. The van der Waals surface area contributed by atoms with Crippen LogP contribution >= 0.6 is 23.5 Å². The largest absolute Gasteiger partial charge is 0.416 e. The van der Waals surface area contributed by atoms with Crippen molar-refractivity contribution in [2.24, 2.45) is 5.92 Å². The molecule has 0 radical (unpaired) electrons. The van der Waals surface area contributed by atoms with Crippen molar-refractivity contribution >= 4 is 45.0 Å². The molecule has 1 amide bonds. The molecule has 0 aliphatic carbocycles. The maximum Gasteiger partial charge on any atom is 0.277 e. The second-order valence-electron chi connectivity index (χ2n) is 7.45. The molecular formula is C19H23N3O4S3. The van der Waals surface area contributed by atoms with E-state index in [0.717, 1.165) is 17.0 Å². The number of amides is 1. The van der Waals surface area contributed by atoms with Crippen LogP contribution in [-0.4, -0.2) is 53.6 Å². The van der Waals surface area contributed by atoms with E-state index in [4.69, 9.17) is 4.42 Å². The predicted molar refractivity (Wildman–Crippen MR) is 114 cm³/mol. The lowest BCUT2D eigenvalue weighted by atomic mass is 10.1. The molecule has 156 valence electrons. The third-order valence-electron chi connectivity index (χ3n) is 5.10. The summed E-state index contributed by atoms with van der Waals surface area (Å²) in [5.41, 5.74) is 0.959. The summed E-state index contributed by atoms with van der Waals surface area (Å²) in [6.07, 6.45) is 2.04. The SMILES string of the molecule is CC1CCN(C(=O)CSc2nnc(CC3CCS(=O)(=O)C3)o2)c2ccccc2S1. The number of carbonyl (C=O) groups is 1. The average molecular weight is 454 g/mol. The molecule has 2 aliphatic heterocycles. The summed E-state index contributed by atoms with van der Waals surface area (Å²) in [4.78, 5) is 15.9. The quantitative estimate of drug-likeness (QED) is 0.638. The Labute approximate surface area is 178 Å². The molecule has 0 spiro atoms. The Hall–Kier alpha value is -1.52. The molecule has 2 aliphatic rings. The van der Waals surface area contributed by atoms with Gasteiger partial charge in [-0.3, -0.25) is 4.79 Å². The van der Waals surface area contributed by atoms with Crippen LogP contribution in [0.3, 0.4) is 0 Å². The summed E-state index contributed by atoms with van der Waals surface area (Å²) in [7, 11) is -2.92. The zero-order valence-electron chi connectivity index (χ0n) is 16.1. The highest BCUT2D eigenvalue weighted by atomic mass is 32.2. The fourth-order valence-electron chi connectivity index (χ4n) is 3.61. The fraction of sp³-hybridized carbons (Fsp3) is 0.526. The number of benzene rings is 1. The van der Waals surface area contributed by atoms with E-state index in [9.17, 15) is 13.2 Å². The maximum atomic E-state index is 12.9. The predicted octanol–water partition coefficient (Wildman–Crippen LogP) is 3.06. The van der Waals surface area contributed by atoms with E-state index in [1.165, 1.54) is 11.8 Å². The minimum absolute atomic E-state index is 0.0128. The summed E-state index contributed by atoms with van der Waals surface area (Å²) in [5, 5.41) is 8.83. The summed E-state index contributed by atoms with van der Waals surface area (Å²) in [5.74, 6) is 1.11. The van der Waals surface area contributed by atoms with Gasteiger partial charge in [0.1, 0.15) is 0 Å². The van der Waals surface area contributed by atoms with Gasteiger partial charge in [-0.25, -0.2) is 8.42 Å². The van der Waals surface area contributed by atoms with E-state index in [0.29, 0.717) is 35.7 Å². The molecule has 0 N–H and O–H groups in total. The van der Waals surface area contributed by atoms with E-state index in [1.54, 1.807) is 11.8 Å². The van der Waals surface area contributed by atoms with Crippen molar-refractivity contribution in [1.82, 2.24) is 10.2 Å². The fourth-order valence-corrected chi connectivity index (χ4v) is 7.24. The topological polar surface area (TPSA) is 93.4 Å².